The maximum Gasteiger partial charge on any atom is 0.250 e. The lowest BCUT2D eigenvalue weighted by Crippen LogP contribution is -2.20. The Labute approximate surface area is 218 Å². The van der Waals surface area contributed by atoms with Crippen LogP contribution >= 0.6 is 23.4 Å². The fraction of sp³-hybridized carbons (Fsp3) is 0.192. The van der Waals surface area contributed by atoms with Crippen molar-refractivity contribution in [2.24, 2.45) is 5.10 Å². The van der Waals surface area contributed by atoms with Gasteiger partial charge in [0.15, 0.2) is 16.7 Å². The van der Waals surface area contributed by atoms with Gasteiger partial charge in [0, 0.05) is 10.6 Å². The van der Waals surface area contributed by atoms with Crippen molar-refractivity contribution in [1.29, 1.82) is 0 Å². The Kier molecular flexibility index (Phi) is 8.35. The molecule has 0 radical (unpaired) electrons. The van der Waals surface area contributed by atoms with Crippen molar-refractivity contribution in [3.05, 3.63) is 76.8 Å². The first kappa shape index (κ1) is 25.4. The number of aromatic nitrogens is 2. The summed E-state index contributed by atoms with van der Waals surface area (Å²) >= 11 is 7.73. The number of benzene rings is 3. The highest BCUT2D eigenvalue weighted by atomic mass is 35.5. The van der Waals surface area contributed by atoms with E-state index in [1.807, 2.05) is 48.5 Å². The molecule has 0 bridgehead atoms. The Hall–Kier alpha value is -3.69. The molecule has 8 nitrogen and oxygen atoms in total. The molecule has 0 aliphatic heterocycles. The molecule has 0 aliphatic carbocycles. The first-order valence-electron chi connectivity index (χ1n) is 11.0. The minimum absolute atomic E-state index is 0.137. The summed E-state index contributed by atoms with van der Waals surface area (Å²) in [4.78, 5) is 17.2. The lowest BCUT2D eigenvalue weighted by molar-refractivity contribution is -0.118. The molecule has 0 saturated heterocycles. The molecule has 1 heterocycles. The van der Waals surface area contributed by atoms with Gasteiger partial charge in [0.25, 0.3) is 5.91 Å². The zero-order valence-corrected chi connectivity index (χ0v) is 21.6. The van der Waals surface area contributed by atoms with Gasteiger partial charge in [-0.1, -0.05) is 53.7 Å². The van der Waals surface area contributed by atoms with Crippen molar-refractivity contribution in [2.75, 3.05) is 27.1 Å². The van der Waals surface area contributed by atoms with E-state index in [0.717, 1.165) is 21.8 Å². The summed E-state index contributed by atoms with van der Waals surface area (Å²) in [6.07, 6.45) is 1.51. The van der Waals surface area contributed by atoms with Crippen LogP contribution in [0.4, 0.5) is 0 Å². The van der Waals surface area contributed by atoms with Gasteiger partial charge in [-0.2, -0.15) is 5.10 Å². The maximum absolute atomic E-state index is 12.5. The van der Waals surface area contributed by atoms with Crippen molar-refractivity contribution < 1.29 is 19.0 Å². The van der Waals surface area contributed by atoms with Crippen molar-refractivity contribution >= 4 is 46.5 Å². The summed E-state index contributed by atoms with van der Waals surface area (Å²) in [5.74, 6) is 1.35. The van der Waals surface area contributed by atoms with Gasteiger partial charge in [-0.05, 0) is 35.9 Å². The summed E-state index contributed by atoms with van der Waals surface area (Å²) < 4.78 is 18.1. The standard InChI is InChI=1S/C26H25ClN4O4S/c1-33-22-12-17(13-23(34-2)25(22)35-3)14-28-30-24(32)16-36-26-29-20-10-6-7-11-21(20)31(26)15-18-8-4-5-9-19(18)27/h4-14H,15-16H2,1-3H3,(H,30,32)/b28-14-. The van der Waals surface area contributed by atoms with E-state index in [1.54, 1.807) is 12.1 Å². The third-order valence-electron chi connectivity index (χ3n) is 5.33. The van der Waals surface area contributed by atoms with Crippen LogP contribution in [-0.4, -0.2) is 48.8 Å². The zero-order chi connectivity index (χ0) is 25.5. The molecule has 0 atom stereocenters. The number of carbonyl (C=O) groups excluding carboxylic acids is 1. The molecule has 1 aromatic heterocycles. The summed E-state index contributed by atoms with van der Waals surface area (Å²) in [5.41, 5.74) is 6.04. The molecule has 0 spiro atoms. The van der Waals surface area contributed by atoms with Crippen LogP contribution in [0.25, 0.3) is 11.0 Å². The molecule has 0 unspecified atom stereocenters. The quantitative estimate of drug-likeness (QED) is 0.178. The summed E-state index contributed by atoms with van der Waals surface area (Å²) in [7, 11) is 4.61. The van der Waals surface area contributed by atoms with Crippen molar-refractivity contribution in [3.8, 4) is 17.2 Å². The van der Waals surface area contributed by atoms with Crippen molar-refractivity contribution in [2.45, 2.75) is 11.7 Å². The van der Waals surface area contributed by atoms with E-state index >= 15 is 0 Å². The highest BCUT2D eigenvalue weighted by Crippen LogP contribution is 2.37. The second kappa shape index (κ2) is 11.8. The number of amides is 1. The van der Waals surface area contributed by atoms with Gasteiger partial charge in [-0.25, -0.2) is 10.4 Å². The van der Waals surface area contributed by atoms with Crippen molar-refractivity contribution in [1.82, 2.24) is 15.0 Å². The molecule has 1 amide bonds. The van der Waals surface area contributed by atoms with Gasteiger partial charge in [-0.3, -0.25) is 4.79 Å². The number of ether oxygens (including phenoxy) is 3. The Morgan fingerprint density at radius 3 is 2.44 bits per heavy atom. The lowest BCUT2D eigenvalue weighted by atomic mass is 10.2. The largest absolute Gasteiger partial charge is 0.493 e. The van der Waals surface area contributed by atoms with E-state index in [-0.39, 0.29) is 11.7 Å². The van der Waals surface area contributed by atoms with Gasteiger partial charge in [0.2, 0.25) is 5.75 Å². The predicted octanol–water partition coefficient (Wildman–Crippen LogP) is 5.01. The maximum atomic E-state index is 12.5. The Balaban J connectivity index is 1.45. The Morgan fingerprint density at radius 1 is 1.06 bits per heavy atom. The number of halogens is 1. The normalized spacial score (nSPS) is 11.1. The number of imidazole rings is 1. The molecule has 0 saturated carbocycles. The number of nitrogens with zero attached hydrogens (tertiary/aromatic N) is 3. The molecule has 1 N–H and O–H groups in total. The molecule has 3 aromatic carbocycles. The first-order chi connectivity index (χ1) is 17.5. The number of rotatable bonds is 10. The fourth-order valence-electron chi connectivity index (χ4n) is 3.63. The van der Waals surface area contributed by atoms with Gasteiger partial charge in [0.1, 0.15) is 0 Å². The second-order valence-electron chi connectivity index (χ2n) is 7.60. The van der Waals surface area contributed by atoms with E-state index in [4.69, 9.17) is 30.8 Å². The van der Waals surface area contributed by atoms with E-state index in [1.165, 1.54) is 39.3 Å². The van der Waals surface area contributed by atoms with Crippen LogP contribution in [0.1, 0.15) is 11.1 Å². The number of hydrogen-bond donors (Lipinski definition) is 1. The van der Waals surface area contributed by atoms with Crippen molar-refractivity contribution in [3.63, 3.8) is 0 Å². The summed E-state index contributed by atoms with van der Waals surface area (Å²) in [6, 6.07) is 19.0. The second-order valence-corrected chi connectivity index (χ2v) is 8.95. The van der Waals surface area contributed by atoms with Crippen LogP contribution in [0.3, 0.4) is 0 Å². The Bertz CT molecular complexity index is 1380. The van der Waals surface area contributed by atoms with E-state index in [2.05, 4.69) is 15.1 Å². The van der Waals surface area contributed by atoms with E-state index in [0.29, 0.717) is 34.4 Å². The number of thioether (sulfide) groups is 1. The van der Waals surface area contributed by atoms with Gasteiger partial charge < -0.3 is 18.8 Å². The summed E-state index contributed by atoms with van der Waals surface area (Å²) in [6.45, 7) is 0.545. The number of nitrogens with one attached hydrogen (secondary N) is 1. The molecular weight excluding hydrogens is 500 g/mol. The SMILES string of the molecule is COc1cc(/C=N\NC(=O)CSc2nc3ccccc3n2Cc2ccccc2Cl)cc(OC)c1OC. The molecule has 0 fully saturated rings. The Morgan fingerprint density at radius 2 is 1.75 bits per heavy atom. The number of carbonyl (C=O) groups is 1. The number of methoxy groups -OCH3 is 3. The first-order valence-corrected chi connectivity index (χ1v) is 12.3. The van der Waals surface area contributed by atoms with Crippen LogP contribution in [0.5, 0.6) is 17.2 Å². The molecule has 186 valence electrons. The average Bonchev–Trinajstić information content (AvgIpc) is 3.25. The third-order valence-corrected chi connectivity index (χ3v) is 6.67. The molecule has 10 heteroatoms. The third kappa shape index (κ3) is 5.75. The van der Waals surface area contributed by atoms with Crippen LogP contribution in [0.2, 0.25) is 5.02 Å². The molecule has 0 aliphatic rings. The van der Waals surface area contributed by atoms with E-state index in [9.17, 15) is 4.79 Å². The number of para-hydroxylation sites is 2. The smallest absolute Gasteiger partial charge is 0.250 e. The minimum atomic E-state index is -0.264. The zero-order valence-electron chi connectivity index (χ0n) is 20.0. The van der Waals surface area contributed by atoms with Gasteiger partial charge in [0.05, 0.1) is 50.9 Å². The fourth-order valence-corrected chi connectivity index (χ4v) is 4.63. The van der Waals surface area contributed by atoms with Crippen LogP contribution in [0, 0.1) is 0 Å². The molecule has 4 aromatic rings. The van der Waals surface area contributed by atoms with Crippen LogP contribution < -0.4 is 19.6 Å². The predicted molar refractivity (Wildman–Crippen MR) is 143 cm³/mol. The molecular formula is C26H25ClN4O4S. The monoisotopic (exact) mass is 524 g/mol. The minimum Gasteiger partial charge on any atom is -0.493 e. The number of fused-ring (bicyclic) bond motifs is 1. The lowest BCUT2D eigenvalue weighted by Gasteiger charge is -2.12. The number of hydrogen-bond acceptors (Lipinski definition) is 7. The summed E-state index contributed by atoms with van der Waals surface area (Å²) in [5, 5.41) is 5.48. The molecule has 4 rings (SSSR count). The highest BCUT2D eigenvalue weighted by Gasteiger charge is 2.15. The van der Waals surface area contributed by atoms with Crippen LogP contribution in [-0.2, 0) is 11.3 Å². The van der Waals surface area contributed by atoms with E-state index < -0.39 is 0 Å². The average molecular weight is 525 g/mol. The highest BCUT2D eigenvalue weighted by molar-refractivity contribution is 7.99. The van der Waals surface area contributed by atoms with Gasteiger partial charge in [-0.15, -0.1) is 0 Å². The number of hydrazone groups is 1. The van der Waals surface area contributed by atoms with Gasteiger partial charge >= 0.3 is 0 Å². The molecule has 36 heavy (non-hydrogen) atoms. The topological polar surface area (TPSA) is 87.0 Å². The van der Waals surface area contributed by atoms with Crippen LogP contribution in [0.15, 0.2) is 70.9 Å².